The van der Waals surface area contributed by atoms with Crippen LogP contribution in [-0.4, -0.2) is 16.7 Å². The predicted octanol–water partition coefficient (Wildman–Crippen LogP) is 3.17. The summed E-state index contributed by atoms with van der Waals surface area (Å²) < 4.78 is 32.6. The minimum Gasteiger partial charge on any atom is -0.544 e. The highest BCUT2D eigenvalue weighted by Crippen LogP contribution is 2.41. The smallest absolute Gasteiger partial charge is 0.262 e. The molecule has 2 aromatic rings. The van der Waals surface area contributed by atoms with Crippen LogP contribution in [0.25, 0.3) is 10.8 Å². The van der Waals surface area contributed by atoms with Crippen LogP contribution in [0.15, 0.2) is 35.2 Å². The summed E-state index contributed by atoms with van der Waals surface area (Å²) in [5.41, 5.74) is 0.633. The number of nitrogens with one attached hydrogen (secondary N) is 1. The number of hydrogen-bond donors (Lipinski definition) is 1. The summed E-state index contributed by atoms with van der Waals surface area (Å²) in [6, 6.07) is 8.89. The zero-order valence-corrected chi connectivity index (χ0v) is 12.8. The van der Waals surface area contributed by atoms with Gasteiger partial charge in [-0.3, -0.25) is 4.72 Å². The average molecular weight is 293 g/mol. The van der Waals surface area contributed by atoms with E-state index >= 15 is 0 Å². The van der Waals surface area contributed by atoms with E-state index in [1.807, 2.05) is 12.1 Å². The standard InChI is InChI=1S/C13H15NO3SSi/c1-19(2,3)17-11-7-8-12-13-9(11)5-4-6-10(13)14-18(12,15)16/h4-8,14H,1-3H3. The molecule has 0 aliphatic carbocycles. The van der Waals surface area contributed by atoms with Gasteiger partial charge in [-0.15, -0.1) is 0 Å². The second-order valence-electron chi connectivity index (χ2n) is 5.61. The van der Waals surface area contributed by atoms with Crippen molar-refractivity contribution in [1.82, 2.24) is 0 Å². The Morgan fingerprint density at radius 2 is 1.84 bits per heavy atom. The van der Waals surface area contributed by atoms with Crippen LogP contribution in [0.1, 0.15) is 0 Å². The van der Waals surface area contributed by atoms with Crippen LogP contribution in [0.2, 0.25) is 19.6 Å². The second kappa shape index (κ2) is 3.74. The van der Waals surface area contributed by atoms with Gasteiger partial charge in [0, 0.05) is 10.8 Å². The maximum Gasteiger partial charge on any atom is 0.262 e. The van der Waals surface area contributed by atoms with E-state index in [1.54, 1.807) is 18.2 Å². The summed E-state index contributed by atoms with van der Waals surface area (Å²) >= 11 is 0. The molecule has 0 unspecified atom stereocenters. The van der Waals surface area contributed by atoms with Gasteiger partial charge in [0.15, 0.2) is 0 Å². The van der Waals surface area contributed by atoms with Crippen LogP contribution in [-0.2, 0) is 10.0 Å². The minimum absolute atomic E-state index is 0.334. The summed E-state index contributed by atoms with van der Waals surface area (Å²) in [4.78, 5) is 0.334. The van der Waals surface area contributed by atoms with Crippen LogP contribution in [0.5, 0.6) is 5.75 Å². The summed E-state index contributed by atoms with van der Waals surface area (Å²) in [7, 11) is -5.15. The lowest BCUT2D eigenvalue weighted by Crippen LogP contribution is -2.29. The first-order chi connectivity index (χ1) is 8.78. The first-order valence-corrected chi connectivity index (χ1v) is 10.9. The fourth-order valence-electron chi connectivity index (χ4n) is 2.28. The first-order valence-electron chi connectivity index (χ1n) is 6.05. The highest BCUT2D eigenvalue weighted by molar-refractivity contribution is 7.93. The molecule has 0 bridgehead atoms. The molecule has 0 aromatic heterocycles. The van der Waals surface area contributed by atoms with Crippen molar-refractivity contribution in [3.8, 4) is 5.75 Å². The van der Waals surface area contributed by atoms with Crippen molar-refractivity contribution < 1.29 is 12.8 Å². The van der Waals surface area contributed by atoms with Crippen LogP contribution in [0, 0.1) is 0 Å². The Bertz CT molecular complexity index is 778. The Morgan fingerprint density at radius 3 is 2.53 bits per heavy atom. The molecule has 0 radical (unpaired) electrons. The van der Waals surface area contributed by atoms with Crippen LogP contribution >= 0.6 is 0 Å². The molecule has 2 aromatic carbocycles. The van der Waals surface area contributed by atoms with Crippen molar-refractivity contribution in [2.24, 2.45) is 0 Å². The number of benzene rings is 2. The number of hydrogen-bond acceptors (Lipinski definition) is 3. The Hall–Kier alpha value is -1.53. The molecule has 6 heteroatoms. The largest absolute Gasteiger partial charge is 0.544 e. The predicted molar refractivity (Wildman–Crippen MR) is 78.7 cm³/mol. The van der Waals surface area contributed by atoms with Crippen molar-refractivity contribution in [2.75, 3.05) is 4.72 Å². The van der Waals surface area contributed by atoms with Gasteiger partial charge < -0.3 is 4.43 Å². The molecule has 1 aliphatic rings. The second-order valence-corrected chi connectivity index (χ2v) is 11.7. The zero-order valence-electron chi connectivity index (χ0n) is 11.0. The van der Waals surface area contributed by atoms with E-state index in [-0.39, 0.29) is 0 Å². The van der Waals surface area contributed by atoms with Crippen LogP contribution in [0.4, 0.5) is 5.69 Å². The molecule has 0 atom stereocenters. The highest BCUT2D eigenvalue weighted by atomic mass is 32.2. The van der Waals surface area contributed by atoms with Crippen molar-refractivity contribution in [3.63, 3.8) is 0 Å². The Morgan fingerprint density at radius 1 is 1.11 bits per heavy atom. The fourth-order valence-corrected chi connectivity index (χ4v) is 4.42. The van der Waals surface area contributed by atoms with Gasteiger partial charge in [-0.05, 0) is 37.8 Å². The van der Waals surface area contributed by atoms with E-state index in [4.69, 9.17) is 4.43 Å². The lowest BCUT2D eigenvalue weighted by molar-refractivity contribution is 0.564. The Labute approximate surface area is 113 Å². The van der Waals surface area contributed by atoms with Gasteiger partial charge in [-0.25, -0.2) is 8.42 Å². The van der Waals surface area contributed by atoms with Crippen molar-refractivity contribution in [3.05, 3.63) is 30.3 Å². The minimum atomic E-state index is -3.41. The molecular formula is C13H15NO3SSi. The van der Waals surface area contributed by atoms with Crippen LogP contribution in [0.3, 0.4) is 0 Å². The molecule has 0 spiro atoms. The highest BCUT2D eigenvalue weighted by Gasteiger charge is 2.29. The third-order valence-electron chi connectivity index (χ3n) is 2.91. The maximum absolute atomic E-state index is 12.0. The molecule has 1 aliphatic heterocycles. The topological polar surface area (TPSA) is 55.4 Å². The lowest BCUT2D eigenvalue weighted by atomic mass is 10.1. The van der Waals surface area contributed by atoms with Crippen LogP contribution < -0.4 is 9.15 Å². The summed E-state index contributed by atoms with van der Waals surface area (Å²) in [6.07, 6.45) is 0. The molecule has 4 nitrogen and oxygen atoms in total. The maximum atomic E-state index is 12.0. The van der Waals surface area contributed by atoms with E-state index in [2.05, 4.69) is 24.4 Å². The van der Waals surface area contributed by atoms with Gasteiger partial charge in [0.05, 0.1) is 10.6 Å². The molecule has 100 valence electrons. The van der Waals surface area contributed by atoms with E-state index in [0.717, 1.165) is 16.5 Å². The quantitative estimate of drug-likeness (QED) is 0.865. The van der Waals surface area contributed by atoms with Gasteiger partial charge in [0.2, 0.25) is 8.32 Å². The first kappa shape index (κ1) is 12.5. The zero-order chi connectivity index (χ0) is 13.8. The average Bonchev–Trinajstić information content (AvgIpc) is 2.53. The van der Waals surface area contributed by atoms with Gasteiger partial charge in [-0.2, -0.15) is 0 Å². The molecule has 3 rings (SSSR count). The summed E-state index contributed by atoms with van der Waals surface area (Å²) in [5, 5.41) is 1.59. The Kier molecular flexibility index (Phi) is 2.46. The number of rotatable bonds is 2. The molecule has 1 N–H and O–H groups in total. The number of anilines is 1. The van der Waals surface area contributed by atoms with E-state index < -0.39 is 18.3 Å². The monoisotopic (exact) mass is 293 g/mol. The lowest BCUT2D eigenvalue weighted by Gasteiger charge is -2.20. The fraction of sp³-hybridized carbons (Fsp3) is 0.231. The molecular weight excluding hydrogens is 278 g/mol. The third-order valence-corrected chi connectivity index (χ3v) is 5.15. The SMILES string of the molecule is C[Si](C)(C)Oc1ccc2c3c(cccc13)NS2(=O)=O. The molecule has 1 heterocycles. The van der Waals surface area contributed by atoms with Gasteiger partial charge in [0.25, 0.3) is 10.0 Å². The molecule has 0 amide bonds. The van der Waals surface area contributed by atoms with Crippen molar-refractivity contribution in [2.45, 2.75) is 24.5 Å². The molecule has 0 saturated carbocycles. The van der Waals surface area contributed by atoms with Gasteiger partial charge in [-0.1, -0.05) is 12.1 Å². The van der Waals surface area contributed by atoms with Gasteiger partial charge in [0.1, 0.15) is 5.75 Å². The summed E-state index contributed by atoms with van der Waals surface area (Å²) in [5.74, 6) is 0.763. The van der Waals surface area contributed by atoms with E-state index in [9.17, 15) is 8.42 Å². The third kappa shape index (κ3) is 2.00. The molecule has 19 heavy (non-hydrogen) atoms. The van der Waals surface area contributed by atoms with Crippen molar-refractivity contribution in [1.29, 1.82) is 0 Å². The molecule has 0 fully saturated rings. The van der Waals surface area contributed by atoms with E-state index in [1.165, 1.54) is 0 Å². The van der Waals surface area contributed by atoms with E-state index in [0.29, 0.717) is 10.6 Å². The van der Waals surface area contributed by atoms with Crippen molar-refractivity contribution >= 4 is 34.8 Å². The normalized spacial score (nSPS) is 16.4. The summed E-state index contributed by atoms with van der Waals surface area (Å²) in [6.45, 7) is 6.31. The number of sulfonamides is 1. The van der Waals surface area contributed by atoms with Gasteiger partial charge >= 0.3 is 0 Å². The Balaban J connectivity index is 2.32. The molecule has 0 saturated heterocycles.